The molecule has 0 saturated carbocycles. The van der Waals surface area contributed by atoms with E-state index < -0.39 is 18.2 Å². The smallest absolute Gasteiger partial charge is 0.238 e. The summed E-state index contributed by atoms with van der Waals surface area (Å²) in [5.74, 6) is -0.627. The molecule has 3 rings (SSSR count). The maximum atomic E-state index is 12.3. The highest BCUT2D eigenvalue weighted by Crippen LogP contribution is 2.26. The first-order valence-electron chi connectivity index (χ1n) is 10.0. The zero-order valence-electron chi connectivity index (χ0n) is 17.3. The van der Waals surface area contributed by atoms with Gasteiger partial charge in [0.15, 0.2) is 0 Å². The van der Waals surface area contributed by atoms with Gasteiger partial charge in [0, 0.05) is 13.8 Å². The minimum Gasteiger partial charge on any atom is -0.394 e. The fraction of sp³-hybridized carbons (Fsp3) is 0.391. The lowest BCUT2D eigenvalue weighted by molar-refractivity contribution is -0.221. The van der Waals surface area contributed by atoms with Gasteiger partial charge in [0.1, 0.15) is 18.2 Å². The minimum atomic E-state index is -0.732. The molecule has 7 heteroatoms. The molecular formula is C23H28N2O5. The number of nitrogens with zero attached hydrogens (tertiary/aromatic N) is 2. The topological polar surface area (TPSA) is 79.3 Å². The molecule has 1 aliphatic heterocycles. The van der Waals surface area contributed by atoms with Gasteiger partial charge in [-0.15, -0.1) is 0 Å². The quantitative estimate of drug-likeness (QED) is 0.754. The van der Waals surface area contributed by atoms with Gasteiger partial charge < -0.3 is 14.6 Å². The summed E-state index contributed by atoms with van der Waals surface area (Å²) < 4.78 is 12.3. The Bertz CT molecular complexity index is 830. The van der Waals surface area contributed by atoms with E-state index >= 15 is 0 Å². The van der Waals surface area contributed by atoms with Crippen molar-refractivity contribution in [2.24, 2.45) is 0 Å². The van der Waals surface area contributed by atoms with E-state index in [0.29, 0.717) is 13.2 Å². The molecular weight excluding hydrogens is 384 g/mol. The van der Waals surface area contributed by atoms with Gasteiger partial charge in [0.25, 0.3) is 0 Å². The van der Waals surface area contributed by atoms with Gasteiger partial charge in [-0.1, -0.05) is 60.7 Å². The van der Waals surface area contributed by atoms with Gasteiger partial charge in [-0.3, -0.25) is 9.59 Å². The highest BCUT2D eigenvalue weighted by Gasteiger charge is 2.45. The number of hydrazine groups is 1. The summed E-state index contributed by atoms with van der Waals surface area (Å²) in [6.07, 6.45) is -1.11. The molecule has 1 fully saturated rings. The predicted octanol–water partition coefficient (Wildman–Crippen LogP) is 2.14. The number of hydrogen-bond donors (Lipinski definition) is 1. The Hall–Kier alpha value is -2.74. The van der Waals surface area contributed by atoms with Crippen molar-refractivity contribution in [2.45, 2.75) is 45.3 Å². The van der Waals surface area contributed by atoms with Crippen molar-refractivity contribution in [2.75, 3.05) is 13.2 Å². The van der Waals surface area contributed by atoms with Crippen LogP contribution in [0.3, 0.4) is 0 Å². The first kappa shape index (κ1) is 22.0. The van der Waals surface area contributed by atoms with Crippen molar-refractivity contribution in [1.29, 1.82) is 0 Å². The minimum absolute atomic E-state index is 0.164. The highest BCUT2D eigenvalue weighted by molar-refractivity contribution is 5.80. The number of rotatable bonds is 7. The van der Waals surface area contributed by atoms with E-state index in [1.54, 1.807) is 0 Å². The Morgan fingerprint density at radius 1 is 0.900 bits per heavy atom. The Morgan fingerprint density at radius 2 is 1.43 bits per heavy atom. The third kappa shape index (κ3) is 5.24. The monoisotopic (exact) mass is 412 g/mol. The SMILES string of the molecule is CC(=O)N1C[C@@H](OCc2ccccc2)[C@H](OCc2ccccc2)[C@@H](CO)N1C(C)=O. The van der Waals surface area contributed by atoms with Gasteiger partial charge in [-0.05, 0) is 11.1 Å². The second-order valence-corrected chi connectivity index (χ2v) is 7.31. The van der Waals surface area contributed by atoms with Gasteiger partial charge in [0.2, 0.25) is 11.8 Å². The average molecular weight is 412 g/mol. The van der Waals surface area contributed by atoms with Crippen LogP contribution in [0.5, 0.6) is 0 Å². The average Bonchev–Trinajstić information content (AvgIpc) is 2.76. The van der Waals surface area contributed by atoms with Crippen LogP contribution in [0, 0.1) is 0 Å². The molecule has 0 aliphatic carbocycles. The lowest BCUT2D eigenvalue weighted by Gasteiger charge is -2.49. The molecule has 1 saturated heterocycles. The summed E-state index contributed by atoms with van der Waals surface area (Å²) in [7, 11) is 0. The first-order chi connectivity index (χ1) is 14.5. The van der Waals surface area contributed by atoms with E-state index in [2.05, 4.69) is 0 Å². The number of benzene rings is 2. The Balaban J connectivity index is 1.83. The Kier molecular flexibility index (Phi) is 7.57. The molecule has 2 aromatic rings. The summed E-state index contributed by atoms with van der Waals surface area (Å²) in [5.41, 5.74) is 1.96. The Labute approximate surface area is 176 Å². The summed E-state index contributed by atoms with van der Waals surface area (Å²) >= 11 is 0. The fourth-order valence-electron chi connectivity index (χ4n) is 3.70. The zero-order chi connectivity index (χ0) is 21.5. The molecule has 1 N–H and O–H groups in total. The normalized spacial score (nSPS) is 21.5. The second kappa shape index (κ2) is 10.3. The largest absolute Gasteiger partial charge is 0.394 e. The summed E-state index contributed by atoms with van der Waals surface area (Å²) in [6, 6.07) is 18.6. The predicted molar refractivity (Wildman–Crippen MR) is 111 cm³/mol. The van der Waals surface area contributed by atoms with Gasteiger partial charge >= 0.3 is 0 Å². The van der Waals surface area contributed by atoms with Crippen LogP contribution in [0.4, 0.5) is 0 Å². The number of carbonyl (C=O) groups excluding carboxylic acids is 2. The van der Waals surface area contributed by atoms with Crippen molar-refractivity contribution < 1.29 is 24.2 Å². The first-order valence-corrected chi connectivity index (χ1v) is 10.0. The summed E-state index contributed by atoms with van der Waals surface area (Å²) in [5, 5.41) is 12.7. The highest BCUT2D eigenvalue weighted by atomic mass is 16.5. The lowest BCUT2D eigenvalue weighted by atomic mass is 10.0. The van der Waals surface area contributed by atoms with Crippen molar-refractivity contribution in [3.8, 4) is 0 Å². The molecule has 1 aliphatic rings. The van der Waals surface area contributed by atoms with Crippen LogP contribution in [0.25, 0.3) is 0 Å². The molecule has 2 aromatic carbocycles. The van der Waals surface area contributed by atoms with Crippen LogP contribution < -0.4 is 0 Å². The Morgan fingerprint density at radius 3 is 1.90 bits per heavy atom. The molecule has 30 heavy (non-hydrogen) atoms. The third-order valence-electron chi connectivity index (χ3n) is 5.14. The van der Waals surface area contributed by atoms with Gasteiger partial charge in [-0.25, -0.2) is 10.0 Å². The molecule has 3 atom stereocenters. The second-order valence-electron chi connectivity index (χ2n) is 7.31. The van der Waals surface area contributed by atoms with Crippen LogP contribution in [0.2, 0.25) is 0 Å². The molecule has 0 unspecified atom stereocenters. The van der Waals surface area contributed by atoms with E-state index in [9.17, 15) is 14.7 Å². The van der Waals surface area contributed by atoms with Crippen molar-refractivity contribution in [3.63, 3.8) is 0 Å². The molecule has 2 amide bonds. The van der Waals surface area contributed by atoms with Crippen LogP contribution >= 0.6 is 0 Å². The summed E-state index contributed by atoms with van der Waals surface area (Å²) in [4.78, 5) is 24.5. The van der Waals surface area contributed by atoms with E-state index in [-0.39, 0.29) is 25.0 Å². The van der Waals surface area contributed by atoms with E-state index in [4.69, 9.17) is 9.47 Å². The molecule has 0 spiro atoms. The molecule has 0 bridgehead atoms. The number of aliphatic hydroxyl groups excluding tert-OH is 1. The molecule has 7 nitrogen and oxygen atoms in total. The van der Waals surface area contributed by atoms with Crippen LogP contribution in [0.1, 0.15) is 25.0 Å². The molecule has 0 radical (unpaired) electrons. The maximum Gasteiger partial charge on any atom is 0.238 e. The molecule has 0 aromatic heterocycles. The van der Waals surface area contributed by atoms with E-state index in [1.807, 2.05) is 60.7 Å². The molecule has 1 heterocycles. The van der Waals surface area contributed by atoms with Crippen LogP contribution in [-0.2, 0) is 32.3 Å². The number of hydrogen-bond acceptors (Lipinski definition) is 5. The van der Waals surface area contributed by atoms with E-state index in [1.165, 1.54) is 23.9 Å². The standard InChI is InChI=1S/C23H28N2O5/c1-17(27)24-13-22(29-15-19-9-5-3-6-10-19)23(21(14-26)25(24)18(2)28)30-16-20-11-7-4-8-12-20/h3-12,21-23,26H,13-16H2,1-2H3/t21-,22-,23-/m1/s1. The van der Waals surface area contributed by atoms with Crippen molar-refractivity contribution in [3.05, 3.63) is 71.8 Å². The van der Waals surface area contributed by atoms with Gasteiger partial charge in [0.05, 0.1) is 26.4 Å². The van der Waals surface area contributed by atoms with Crippen molar-refractivity contribution >= 4 is 11.8 Å². The van der Waals surface area contributed by atoms with E-state index in [0.717, 1.165) is 11.1 Å². The third-order valence-corrected chi connectivity index (χ3v) is 5.14. The zero-order valence-corrected chi connectivity index (χ0v) is 17.3. The number of ether oxygens (including phenoxy) is 2. The van der Waals surface area contributed by atoms with Crippen LogP contribution in [-0.4, -0.2) is 58.3 Å². The fourth-order valence-corrected chi connectivity index (χ4v) is 3.70. The molecule has 160 valence electrons. The maximum absolute atomic E-state index is 12.3. The number of amides is 2. The summed E-state index contributed by atoms with van der Waals surface area (Å²) in [6.45, 7) is 3.22. The lowest BCUT2D eigenvalue weighted by Crippen LogP contribution is -2.68. The number of aliphatic hydroxyl groups is 1. The van der Waals surface area contributed by atoms with Crippen molar-refractivity contribution in [1.82, 2.24) is 10.0 Å². The van der Waals surface area contributed by atoms with Gasteiger partial charge in [-0.2, -0.15) is 0 Å². The number of carbonyl (C=O) groups is 2. The van der Waals surface area contributed by atoms with Crippen LogP contribution in [0.15, 0.2) is 60.7 Å².